The summed E-state index contributed by atoms with van der Waals surface area (Å²) >= 11 is 0. The van der Waals surface area contributed by atoms with Gasteiger partial charge >= 0.3 is 12.1 Å². The summed E-state index contributed by atoms with van der Waals surface area (Å²) in [6.07, 6.45) is 19.3. The van der Waals surface area contributed by atoms with E-state index in [-0.39, 0.29) is 95.2 Å². The summed E-state index contributed by atoms with van der Waals surface area (Å²) in [7, 11) is 1.39. The number of hydrogen-bond donors (Lipinski definition) is 4. The molecule has 0 heterocycles. The van der Waals surface area contributed by atoms with E-state index in [2.05, 4.69) is 69.9 Å². The summed E-state index contributed by atoms with van der Waals surface area (Å²) < 4.78 is 10.6. The van der Waals surface area contributed by atoms with Crippen LogP contribution < -0.4 is 21.3 Å². The van der Waals surface area contributed by atoms with Crippen molar-refractivity contribution in [1.29, 1.82) is 0 Å². The quantitative estimate of drug-likeness (QED) is 0.229. The molecule has 8 bridgehead atoms. The number of nitrogens with one attached hydrogen (secondary N) is 4. The number of ether oxygens (including phenoxy) is 2. The fraction of sp³-hybridized carbons (Fsp3) is 0.658. The highest BCUT2D eigenvalue weighted by atomic mass is 16.6. The van der Waals surface area contributed by atoms with E-state index < -0.39 is 35.4 Å². The molecule has 8 aliphatic carbocycles. The standard InChI is InChI=1S/C38H48N4O7/c1-38(2,3)49-37(47)42-31-23-11-7-19(15-23)27(31)35(45)40-29-21-9-5-17(13-21)25(29)33(43)39-30-22-10-6-18(14-22)26(30)34(44)41-32-24-12-8-20(16-24)28(32)36(46)48-4/h5-12,17-32H,13-16H2,1-4H3,(H,39,43)(H,40,45)(H,41,44)(H,42,47)/t17-,18-,19-,20-,21+,22+,23+,24+,25+,26+,27+,28+,29-,30-,31-,32-/m0/s1. The van der Waals surface area contributed by atoms with E-state index in [1.807, 2.05) is 20.8 Å². The third-order valence-corrected chi connectivity index (χ3v) is 12.8. The number of fused-ring (bicyclic) bond motifs is 8. The Labute approximate surface area is 287 Å². The molecule has 11 nitrogen and oxygen atoms in total. The molecule has 0 aromatic heterocycles. The summed E-state index contributed by atoms with van der Waals surface area (Å²) in [6, 6.07) is -1.45. The predicted octanol–water partition coefficient (Wildman–Crippen LogP) is 2.80. The molecule has 0 aromatic rings. The van der Waals surface area contributed by atoms with Gasteiger partial charge in [0.2, 0.25) is 17.7 Å². The highest BCUT2D eigenvalue weighted by molar-refractivity contribution is 5.88. The zero-order valence-electron chi connectivity index (χ0n) is 28.5. The number of carbonyl (C=O) groups is 5. The molecule has 4 saturated carbocycles. The molecule has 4 fully saturated rings. The van der Waals surface area contributed by atoms with Crippen molar-refractivity contribution in [1.82, 2.24) is 21.3 Å². The van der Waals surface area contributed by atoms with Gasteiger partial charge in [-0.15, -0.1) is 0 Å². The molecule has 4 N–H and O–H groups in total. The van der Waals surface area contributed by atoms with Crippen LogP contribution in [0.25, 0.3) is 0 Å². The van der Waals surface area contributed by atoms with Gasteiger partial charge in [0.15, 0.2) is 0 Å². The van der Waals surface area contributed by atoms with Gasteiger partial charge < -0.3 is 30.7 Å². The first-order valence-corrected chi connectivity index (χ1v) is 18.1. The second kappa shape index (κ2) is 11.9. The van der Waals surface area contributed by atoms with Crippen LogP contribution in [-0.2, 0) is 28.7 Å². The van der Waals surface area contributed by atoms with Crippen LogP contribution in [0.15, 0.2) is 48.6 Å². The summed E-state index contributed by atoms with van der Waals surface area (Å²) in [6.45, 7) is 5.43. The molecular weight excluding hydrogens is 624 g/mol. The fourth-order valence-corrected chi connectivity index (χ4v) is 10.8. The zero-order chi connectivity index (χ0) is 34.4. The van der Waals surface area contributed by atoms with Crippen LogP contribution >= 0.6 is 0 Å². The van der Waals surface area contributed by atoms with Gasteiger partial charge in [-0.3, -0.25) is 19.2 Å². The third-order valence-electron chi connectivity index (χ3n) is 12.8. The van der Waals surface area contributed by atoms with E-state index in [1.54, 1.807) is 0 Å². The van der Waals surface area contributed by atoms with Crippen LogP contribution in [0.1, 0.15) is 46.5 Å². The maximum atomic E-state index is 14.2. The smallest absolute Gasteiger partial charge is 0.407 e. The van der Waals surface area contributed by atoms with Crippen molar-refractivity contribution < 1.29 is 33.4 Å². The first-order chi connectivity index (χ1) is 23.4. The maximum Gasteiger partial charge on any atom is 0.407 e. The minimum Gasteiger partial charge on any atom is -0.469 e. The number of methoxy groups -OCH3 is 1. The molecule has 16 atom stereocenters. The van der Waals surface area contributed by atoms with Crippen molar-refractivity contribution in [3.05, 3.63) is 48.6 Å². The molecule has 0 aromatic carbocycles. The Morgan fingerprint density at radius 1 is 0.490 bits per heavy atom. The van der Waals surface area contributed by atoms with Gasteiger partial charge in [0.25, 0.3) is 0 Å². The highest BCUT2D eigenvalue weighted by Crippen LogP contribution is 2.49. The number of rotatable bonds is 8. The second-order valence-electron chi connectivity index (χ2n) is 16.7. The van der Waals surface area contributed by atoms with Crippen LogP contribution in [-0.4, -0.2) is 66.7 Å². The predicted molar refractivity (Wildman–Crippen MR) is 178 cm³/mol. The highest BCUT2D eigenvalue weighted by Gasteiger charge is 2.56. The van der Waals surface area contributed by atoms with Crippen LogP contribution in [0.2, 0.25) is 0 Å². The van der Waals surface area contributed by atoms with Crippen LogP contribution in [0.4, 0.5) is 4.79 Å². The SMILES string of the molecule is COC(=O)[C@H]1[C@@H](NC(=O)[C@H]2[C@@H](NC(=O)[C@H]3[C@@H](NC(=O)[C@H]4[C@@H](NC(=O)OC(C)(C)C)[C@@H]5C=C[C@H]4C5)[C@@H]4C=C[C@H]3C4)[C@@H]3C=C[C@H]2C3)[C@@H]2C=C[C@H]1C2. The number of hydrogen-bond acceptors (Lipinski definition) is 7. The van der Waals surface area contributed by atoms with Crippen LogP contribution in [0, 0.1) is 71.0 Å². The normalized spacial score (nSPS) is 44.1. The van der Waals surface area contributed by atoms with Gasteiger partial charge in [-0.25, -0.2) is 4.79 Å². The Kier molecular flexibility index (Phi) is 7.83. The average molecular weight is 673 g/mol. The molecule has 49 heavy (non-hydrogen) atoms. The van der Waals surface area contributed by atoms with Crippen LogP contribution in [0.5, 0.6) is 0 Å². The fourth-order valence-electron chi connectivity index (χ4n) is 10.8. The summed E-state index contributed by atoms with van der Waals surface area (Å²) in [4.78, 5) is 67.6. The molecule has 8 aliphatic rings. The molecule has 11 heteroatoms. The van der Waals surface area contributed by atoms with E-state index in [0.717, 1.165) is 25.7 Å². The van der Waals surface area contributed by atoms with Gasteiger partial charge in [0, 0.05) is 18.1 Å². The Morgan fingerprint density at radius 2 is 0.796 bits per heavy atom. The monoisotopic (exact) mass is 672 g/mol. The van der Waals surface area contributed by atoms with E-state index >= 15 is 0 Å². The Hall–Kier alpha value is -3.89. The minimum atomic E-state index is -0.654. The molecule has 262 valence electrons. The van der Waals surface area contributed by atoms with Crippen molar-refractivity contribution in [2.75, 3.05) is 7.11 Å². The molecule has 0 unspecified atom stereocenters. The number of esters is 1. The summed E-state index contributed by atoms with van der Waals surface area (Å²) in [5.41, 5.74) is -0.654. The van der Waals surface area contributed by atoms with Crippen molar-refractivity contribution in [2.45, 2.75) is 76.2 Å². The van der Waals surface area contributed by atoms with Gasteiger partial charge in [-0.05, 0) is 93.8 Å². The lowest BCUT2D eigenvalue weighted by Gasteiger charge is -2.35. The lowest BCUT2D eigenvalue weighted by atomic mass is 9.83. The van der Waals surface area contributed by atoms with Gasteiger partial charge in [0.05, 0.1) is 36.8 Å². The van der Waals surface area contributed by atoms with E-state index in [0.29, 0.717) is 0 Å². The lowest BCUT2D eigenvalue weighted by molar-refractivity contribution is -0.147. The van der Waals surface area contributed by atoms with Gasteiger partial charge in [-0.1, -0.05) is 48.6 Å². The second-order valence-corrected chi connectivity index (χ2v) is 16.7. The number of carbonyl (C=O) groups excluding carboxylic acids is 5. The number of allylic oxidation sites excluding steroid dienone is 4. The van der Waals surface area contributed by atoms with Crippen molar-refractivity contribution >= 4 is 29.8 Å². The number of alkyl carbamates (subject to hydrolysis) is 1. The molecule has 0 radical (unpaired) electrons. The summed E-state index contributed by atoms with van der Waals surface area (Å²) in [5, 5.41) is 12.8. The lowest BCUT2D eigenvalue weighted by Crippen LogP contribution is -2.57. The molecular formula is C38H48N4O7. The largest absolute Gasteiger partial charge is 0.469 e. The summed E-state index contributed by atoms with van der Waals surface area (Å²) in [5.74, 6) is -2.17. The third kappa shape index (κ3) is 5.51. The van der Waals surface area contributed by atoms with E-state index in [4.69, 9.17) is 9.47 Å². The topological polar surface area (TPSA) is 152 Å². The average Bonchev–Trinajstić information content (AvgIpc) is 3.90. The zero-order valence-corrected chi connectivity index (χ0v) is 28.5. The molecule has 4 amide bonds. The van der Waals surface area contributed by atoms with Crippen molar-refractivity contribution in [3.63, 3.8) is 0 Å². The van der Waals surface area contributed by atoms with Crippen LogP contribution in [0.3, 0.4) is 0 Å². The number of amides is 4. The molecule has 0 spiro atoms. The maximum absolute atomic E-state index is 14.2. The minimum absolute atomic E-state index is 0.00559. The first kappa shape index (κ1) is 32.3. The Morgan fingerprint density at radius 3 is 1.14 bits per heavy atom. The van der Waals surface area contributed by atoms with Crippen molar-refractivity contribution in [3.8, 4) is 0 Å². The van der Waals surface area contributed by atoms with Gasteiger partial charge in [-0.2, -0.15) is 0 Å². The molecule has 0 aliphatic heterocycles. The molecule has 0 saturated heterocycles. The van der Waals surface area contributed by atoms with E-state index in [9.17, 15) is 24.0 Å². The van der Waals surface area contributed by atoms with E-state index in [1.165, 1.54) is 7.11 Å². The first-order valence-electron chi connectivity index (χ1n) is 18.1. The molecule has 8 rings (SSSR count). The van der Waals surface area contributed by atoms with Crippen molar-refractivity contribution in [2.24, 2.45) is 71.0 Å². The Bertz CT molecular complexity index is 1560. The Balaban J connectivity index is 0.955. The van der Waals surface area contributed by atoms with Gasteiger partial charge in [0.1, 0.15) is 5.60 Å².